The highest BCUT2D eigenvalue weighted by molar-refractivity contribution is 7.98. The second-order valence-corrected chi connectivity index (χ2v) is 6.18. The zero-order valence-corrected chi connectivity index (χ0v) is 12.6. The van der Waals surface area contributed by atoms with Crippen LogP contribution in [0.3, 0.4) is 0 Å². The maximum Gasteiger partial charge on any atom is 0.255 e. The predicted octanol–water partition coefficient (Wildman–Crippen LogP) is 4.88. The average Bonchev–Trinajstić information content (AvgIpc) is 2.95. The zero-order chi connectivity index (χ0) is 13.9. The number of hydrogen-bond acceptors (Lipinski definition) is 3. The normalized spacial score (nSPS) is 10.7. The number of nitrogens with one attached hydrogen (secondary N) is 1. The molecule has 0 saturated heterocycles. The molecule has 0 atom stereocenters. The van der Waals surface area contributed by atoms with Crippen LogP contribution in [0.2, 0.25) is 0 Å². The summed E-state index contributed by atoms with van der Waals surface area (Å²) in [5, 5.41) is 6.15. The lowest BCUT2D eigenvalue weighted by Crippen LogP contribution is -2.11. The Morgan fingerprint density at radius 1 is 1.10 bits per heavy atom. The molecule has 2 aromatic carbocycles. The number of amides is 1. The fourth-order valence-corrected chi connectivity index (χ4v) is 3.17. The number of thioether (sulfide) groups is 1. The van der Waals surface area contributed by atoms with Crippen LogP contribution in [0.1, 0.15) is 10.4 Å². The van der Waals surface area contributed by atoms with Crippen LogP contribution < -0.4 is 5.32 Å². The van der Waals surface area contributed by atoms with Gasteiger partial charge < -0.3 is 5.32 Å². The Balaban J connectivity index is 1.80. The van der Waals surface area contributed by atoms with Crippen LogP contribution >= 0.6 is 23.1 Å². The molecule has 0 unspecified atom stereocenters. The van der Waals surface area contributed by atoms with Crippen LogP contribution in [0.5, 0.6) is 0 Å². The first-order chi connectivity index (χ1) is 9.76. The molecule has 0 aliphatic carbocycles. The van der Waals surface area contributed by atoms with Gasteiger partial charge in [0.15, 0.2) is 0 Å². The van der Waals surface area contributed by atoms with Crippen molar-refractivity contribution in [3.05, 3.63) is 59.5 Å². The summed E-state index contributed by atoms with van der Waals surface area (Å²) in [5.41, 5.74) is 1.50. The topological polar surface area (TPSA) is 29.1 Å². The van der Waals surface area contributed by atoms with Crippen LogP contribution in [0.4, 0.5) is 5.69 Å². The number of benzene rings is 2. The molecule has 0 bridgehead atoms. The summed E-state index contributed by atoms with van der Waals surface area (Å²) in [6.07, 6.45) is 2.02. The number of carbonyl (C=O) groups is 1. The fraction of sp³-hybridized carbons (Fsp3) is 0.0625. The molecule has 3 rings (SSSR count). The van der Waals surface area contributed by atoms with Crippen molar-refractivity contribution in [2.75, 3.05) is 11.6 Å². The third-order valence-electron chi connectivity index (χ3n) is 3.06. The standard InChI is InChI=1S/C16H13NOS2/c1-19-14-5-2-11(3-6-14)16(18)17-13-4-7-15-12(10-13)8-9-20-15/h2-10H,1H3,(H,17,18). The highest BCUT2D eigenvalue weighted by atomic mass is 32.2. The van der Waals surface area contributed by atoms with Crippen LogP contribution in [0, 0.1) is 0 Å². The quantitative estimate of drug-likeness (QED) is 0.699. The van der Waals surface area contributed by atoms with Crippen molar-refractivity contribution in [2.45, 2.75) is 4.90 Å². The Morgan fingerprint density at radius 3 is 2.65 bits per heavy atom. The number of fused-ring (bicyclic) bond motifs is 1. The van der Waals surface area contributed by atoms with E-state index in [1.807, 2.05) is 48.7 Å². The summed E-state index contributed by atoms with van der Waals surface area (Å²) in [6, 6.07) is 15.7. The molecule has 1 heterocycles. The van der Waals surface area contributed by atoms with Crippen molar-refractivity contribution < 1.29 is 4.79 Å². The predicted molar refractivity (Wildman–Crippen MR) is 88.0 cm³/mol. The summed E-state index contributed by atoms with van der Waals surface area (Å²) in [4.78, 5) is 13.3. The molecular weight excluding hydrogens is 286 g/mol. The molecule has 0 aliphatic heterocycles. The van der Waals surface area contributed by atoms with Gasteiger partial charge in [0, 0.05) is 20.8 Å². The molecule has 0 spiro atoms. The van der Waals surface area contributed by atoms with Gasteiger partial charge in [-0.25, -0.2) is 0 Å². The van der Waals surface area contributed by atoms with E-state index < -0.39 is 0 Å². The summed E-state index contributed by atoms with van der Waals surface area (Å²) in [5.74, 6) is -0.0766. The molecule has 0 saturated carbocycles. The smallest absolute Gasteiger partial charge is 0.255 e. The van der Waals surface area contributed by atoms with Gasteiger partial charge in [0.2, 0.25) is 0 Å². The first-order valence-electron chi connectivity index (χ1n) is 6.19. The van der Waals surface area contributed by atoms with Crippen molar-refractivity contribution in [1.29, 1.82) is 0 Å². The average molecular weight is 299 g/mol. The van der Waals surface area contributed by atoms with Crippen molar-refractivity contribution >= 4 is 44.8 Å². The van der Waals surface area contributed by atoms with Gasteiger partial charge >= 0.3 is 0 Å². The van der Waals surface area contributed by atoms with Gasteiger partial charge in [-0.1, -0.05) is 0 Å². The molecule has 100 valence electrons. The minimum Gasteiger partial charge on any atom is -0.322 e. The van der Waals surface area contributed by atoms with E-state index in [1.54, 1.807) is 23.1 Å². The maximum absolute atomic E-state index is 12.2. The van der Waals surface area contributed by atoms with Crippen LogP contribution in [-0.2, 0) is 0 Å². The SMILES string of the molecule is CSc1ccc(C(=O)Nc2ccc3sccc3c2)cc1. The minimum atomic E-state index is -0.0766. The van der Waals surface area contributed by atoms with Gasteiger partial charge in [-0.15, -0.1) is 23.1 Å². The summed E-state index contributed by atoms with van der Waals surface area (Å²) in [7, 11) is 0. The van der Waals surface area contributed by atoms with E-state index in [-0.39, 0.29) is 5.91 Å². The van der Waals surface area contributed by atoms with E-state index in [0.29, 0.717) is 5.56 Å². The Kier molecular flexibility index (Phi) is 3.76. The van der Waals surface area contributed by atoms with Gasteiger partial charge in [-0.2, -0.15) is 0 Å². The second-order valence-electron chi connectivity index (χ2n) is 4.36. The Morgan fingerprint density at radius 2 is 1.90 bits per heavy atom. The van der Waals surface area contributed by atoms with E-state index >= 15 is 0 Å². The fourth-order valence-electron chi connectivity index (χ4n) is 1.99. The number of carbonyl (C=O) groups excluding carboxylic acids is 1. The summed E-state index contributed by atoms with van der Waals surface area (Å²) >= 11 is 3.37. The van der Waals surface area contributed by atoms with Gasteiger partial charge in [0.25, 0.3) is 5.91 Å². The molecular formula is C16H13NOS2. The first kappa shape index (κ1) is 13.2. The van der Waals surface area contributed by atoms with Crippen LogP contribution in [0.25, 0.3) is 10.1 Å². The lowest BCUT2D eigenvalue weighted by atomic mass is 10.2. The molecule has 4 heteroatoms. The van der Waals surface area contributed by atoms with Crippen molar-refractivity contribution in [1.82, 2.24) is 0 Å². The van der Waals surface area contributed by atoms with Crippen LogP contribution in [0.15, 0.2) is 58.8 Å². The lowest BCUT2D eigenvalue weighted by molar-refractivity contribution is 0.102. The van der Waals surface area contributed by atoms with E-state index in [2.05, 4.69) is 16.8 Å². The monoisotopic (exact) mass is 299 g/mol. The highest BCUT2D eigenvalue weighted by Crippen LogP contribution is 2.24. The zero-order valence-electron chi connectivity index (χ0n) is 10.9. The largest absolute Gasteiger partial charge is 0.322 e. The summed E-state index contributed by atoms with van der Waals surface area (Å²) < 4.78 is 1.23. The Hall–Kier alpha value is -1.78. The van der Waals surface area contributed by atoms with Gasteiger partial charge in [-0.05, 0) is 65.6 Å². The molecule has 1 amide bonds. The lowest BCUT2D eigenvalue weighted by Gasteiger charge is -2.06. The molecule has 0 fully saturated rings. The van der Waals surface area contributed by atoms with Gasteiger partial charge in [0.1, 0.15) is 0 Å². The van der Waals surface area contributed by atoms with Gasteiger partial charge in [0.05, 0.1) is 0 Å². The van der Waals surface area contributed by atoms with E-state index in [0.717, 1.165) is 16.0 Å². The van der Waals surface area contributed by atoms with Crippen LogP contribution in [-0.4, -0.2) is 12.2 Å². The third kappa shape index (κ3) is 2.71. The number of rotatable bonds is 3. The molecule has 1 aromatic heterocycles. The van der Waals surface area contributed by atoms with Gasteiger partial charge in [-0.3, -0.25) is 4.79 Å². The molecule has 20 heavy (non-hydrogen) atoms. The molecule has 0 radical (unpaired) electrons. The number of anilines is 1. The van der Waals surface area contributed by atoms with Crippen molar-refractivity contribution in [3.8, 4) is 0 Å². The van der Waals surface area contributed by atoms with E-state index in [9.17, 15) is 4.79 Å². The molecule has 0 aliphatic rings. The molecule has 1 N–H and O–H groups in total. The summed E-state index contributed by atoms with van der Waals surface area (Å²) in [6.45, 7) is 0. The first-order valence-corrected chi connectivity index (χ1v) is 8.29. The molecule has 2 nitrogen and oxygen atoms in total. The van der Waals surface area contributed by atoms with E-state index in [1.165, 1.54) is 4.70 Å². The number of thiophene rings is 1. The molecule has 3 aromatic rings. The Bertz CT molecular complexity index is 747. The van der Waals surface area contributed by atoms with Crippen molar-refractivity contribution in [2.24, 2.45) is 0 Å². The number of hydrogen-bond donors (Lipinski definition) is 1. The maximum atomic E-state index is 12.2. The van der Waals surface area contributed by atoms with Crippen molar-refractivity contribution in [3.63, 3.8) is 0 Å². The second kappa shape index (κ2) is 5.69. The van der Waals surface area contributed by atoms with E-state index in [4.69, 9.17) is 0 Å². The third-order valence-corrected chi connectivity index (χ3v) is 4.70. The Labute approximate surface area is 125 Å². The highest BCUT2D eigenvalue weighted by Gasteiger charge is 2.06. The minimum absolute atomic E-state index is 0.0766.